The van der Waals surface area contributed by atoms with Gasteiger partial charge >= 0.3 is 0 Å². The third-order valence-electron chi connectivity index (χ3n) is 8.22. The van der Waals surface area contributed by atoms with Crippen molar-refractivity contribution in [1.29, 1.82) is 0 Å². The van der Waals surface area contributed by atoms with Crippen molar-refractivity contribution in [1.82, 2.24) is 0 Å². The summed E-state index contributed by atoms with van der Waals surface area (Å²) in [6.07, 6.45) is 3.79. The van der Waals surface area contributed by atoms with Gasteiger partial charge in [-0.3, -0.25) is 14.5 Å². The van der Waals surface area contributed by atoms with E-state index in [0.29, 0.717) is 29.4 Å². The van der Waals surface area contributed by atoms with Crippen LogP contribution in [0.15, 0.2) is 101 Å². The van der Waals surface area contributed by atoms with Crippen LogP contribution in [0.1, 0.15) is 48.3 Å². The van der Waals surface area contributed by atoms with E-state index in [9.17, 15) is 14.7 Å². The molecule has 1 atom stereocenters. The molecule has 6 rings (SSSR count). The first kappa shape index (κ1) is 27.4. The number of hydrogen-bond acceptors (Lipinski definition) is 6. The van der Waals surface area contributed by atoms with E-state index in [1.54, 1.807) is 30.3 Å². The lowest BCUT2D eigenvalue weighted by molar-refractivity contribution is -0.132. The van der Waals surface area contributed by atoms with Gasteiger partial charge in [0, 0.05) is 30.0 Å². The monoisotopic (exact) mass is 562 g/mol. The van der Waals surface area contributed by atoms with E-state index in [0.717, 1.165) is 48.7 Å². The average molecular weight is 563 g/mol. The van der Waals surface area contributed by atoms with Gasteiger partial charge in [-0.15, -0.1) is 0 Å². The zero-order chi connectivity index (χ0) is 29.2. The normalized spacial score (nSPS) is 19.0. The predicted molar refractivity (Wildman–Crippen MR) is 162 cm³/mol. The fourth-order valence-corrected chi connectivity index (χ4v) is 5.76. The summed E-state index contributed by atoms with van der Waals surface area (Å²) in [7, 11) is 0. The SMILES string of the molecule is Cc1cc(/C(O)=C2/C(=O)C(=O)N(c3ccc(N4CCC(C)CC4)cc3)C2c2ccco2)ccc1OCc1ccccc1. The van der Waals surface area contributed by atoms with Crippen LogP contribution >= 0.6 is 0 Å². The van der Waals surface area contributed by atoms with E-state index in [1.165, 1.54) is 11.2 Å². The summed E-state index contributed by atoms with van der Waals surface area (Å²) < 4.78 is 11.7. The summed E-state index contributed by atoms with van der Waals surface area (Å²) in [5.74, 6) is 0.0599. The van der Waals surface area contributed by atoms with Gasteiger partial charge in [0.2, 0.25) is 0 Å². The Hall–Kier alpha value is -4.78. The minimum atomic E-state index is -0.906. The van der Waals surface area contributed by atoms with E-state index in [1.807, 2.05) is 61.5 Å². The van der Waals surface area contributed by atoms with Crippen LogP contribution in [-0.4, -0.2) is 29.9 Å². The summed E-state index contributed by atoms with van der Waals surface area (Å²) >= 11 is 0. The summed E-state index contributed by atoms with van der Waals surface area (Å²) in [4.78, 5) is 30.7. The van der Waals surface area contributed by atoms with Crippen LogP contribution in [0.3, 0.4) is 0 Å². The van der Waals surface area contributed by atoms with Crippen LogP contribution in [0.5, 0.6) is 5.75 Å². The second kappa shape index (κ2) is 11.6. The molecule has 3 aromatic carbocycles. The Labute approximate surface area is 245 Å². The number of Topliss-reactive ketones (excluding diaryl/α,β-unsaturated/α-hetero) is 1. The lowest BCUT2D eigenvalue weighted by Crippen LogP contribution is -2.33. The lowest BCUT2D eigenvalue weighted by atomic mass is 9.98. The Morgan fingerprint density at radius 2 is 1.64 bits per heavy atom. The van der Waals surface area contributed by atoms with Gasteiger partial charge in [0.15, 0.2) is 0 Å². The smallest absolute Gasteiger partial charge is 0.300 e. The molecule has 3 heterocycles. The number of hydrogen-bond donors (Lipinski definition) is 1. The molecule has 7 heteroatoms. The molecule has 1 unspecified atom stereocenters. The zero-order valence-electron chi connectivity index (χ0n) is 23.8. The van der Waals surface area contributed by atoms with Crippen molar-refractivity contribution in [3.05, 3.63) is 119 Å². The Bertz CT molecular complexity index is 1600. The maximum Gasteiger partial charge on any atom is 0.300 e. The number of amides is 1. The number of carbonyl (C=O) groups excluding carboxylic acids is 2. The highest BCUT2D eigenvalue weighted by Crippen LogP contribution is 2.43. The van der Waals surface area contributed by atoms with E-state index in [-0.39, 0.29) is 11.3 Å². The number of aliphatic hydroxyl groups is 1. The Morgan fingerprint density at radius 3 is 2.31 bits per heavy atom. The molecular formula is C35H34N2O5. The van der Waals surface area contributed by atoms with Gasteiger partial charge in [0.1, 0.15) is 29.9 Å². The molecule has 2 aliphatic rings. The number of aliphatic hydroxyl groups excluding tert-OH is 1. The molecule has 0 aliphatic carbocycles. The molecule has 1 aromatic heterocycles. The van der Waals surface area contributed by atoms with Gasteiger partial charge in [0.05, 0.1) is 11.8 Å². The van der Waals surface area contributed by atoms with Crippen molar-refractivity contribution >= 4 is 28.8 Å². The topological polar surface area (TPSA) is 83.2 Å². The number of rotatable bonds is 7. The number of piperidine rings is 1. The predicted octanol–water partition coefficient (Wildman–Crippen LogP) is 7.03. The third-order valence-corrected chi connectivity index (χ3v) is 8.22. The quantitative estimate of drug-likeness (QED) is 0.148. The van der Waals surface area contributed by atoms with Crippen LogP contribution in [0, 0.1) is 12.8 Å². The second-order valence-electron chi connectivity index (χ2n) is 11.1. The van der Waals surface area contributed by atoms with Crippen molar-refractivity contribution < 1.29 is 23.8 Å². The van der Waals surface area contributed by atoms with E-state index in [4.69, 9.17) is 9.15 Å². The van der Waals surface area contributed by atoms with Gasteiger partial charge in [0.25, 0.3) is 11.7 Å². The molecule has 2 fully saturated rings. The lowest BCUT2D eigenvalue weighted by Gasteiger charge is -2.32. The van der Waals surface area contributed by atoms with E-state index < -0.39 is 17.7 Å². The van der Waals surface area contributed by atoms with Crippen molar-refractivity contribution in [3.8, 4) is 5.75 Å². The summed E-state index contributed by atoms with van der Waals surface area (Å²) in [5.41, 5.74) is 3.89. The minimum absolute atomic E-state index is 0.0126. The molecule has 0 bridgehead atoms. The first-order valence-corrected chi connectivity index (χ1v) is 14.4. The highest BCUT2D eigenvalue weighted by Gasteiger charge is 2.48. The molecule has 0 saturated carbocycles. The fraction of sp³-hybridized carbons (Fsp3) is 0.257. The van der Waals surface area contributed by atoms with Crippen molar-refractivity contribution in [2.45, 2.75) is 39.3 Å². The molecule has 1 N–H and O–H groups in total. The van der Waals surface area contributed by atoms with E-state index >= 15 is 0 Å². The first-order valence-electron chi connectivity index (χ1n) is 14.4. The summed E-state index contributed by atoms with van der Waals surface area (Å²) in [5, 5.41) is 11.5. The van der Waals surface area contributed by atoms with Crippen molar-refractivity contribution in [2.75, 3.05) is 22.9 Å². The van der Waals surface area contributed by atoms with Gasteiger partial charge in [-0.1, -0.05) is 37.3 Å². The number of furan rings is 1. The van der Waals surface area contributed by atoms with Crippen LogP contribution < -0.4 is 14.5 Å². The van der Waals surface area contributed by atoms with Gasteiger partial charge in [-0.2, -0.15) is 0 Å². The molecule has 0 radical (unpaired) electrons. The van der Waals surface area contributed by atoms with Gasteiger partial charge in [-0.25, -0.2) is 0 Å². The molecule has 42 heavy (non-hydrogen) atoms. The van der Waals surface area contributed by atoms with Crippen molar-refractivity contribution in [3.63, 3.8) is 0 Å². The standard InChI is InChI=1S/C35H34N2O5/c1-23-16-18-36(19-17-23)27-11-13-28(14-12-27)37-32(30-9-6-20-41-30)31(34(39)35(37)40)33(38)26-10-15-29(24(2)21-26)42-22-25-7-4-3-5-8-25/h3-15,20-21,23,32,38H,16-19,22H2,1-2H3/b33-31-. The van der Waals surface area contributed by atoms with E-state index in [2.05, 4.69) is 11.8 Å². The van der Waals surface area contributed by atoms with Crippen molar-refractivity contribution in [2.24, 2.45) is 5.92 Å². The Kier molecular flexibility index (Phi) is 7.57. The molecule has 214 valence electrons. The van der Waals surface area contributed by atoms with Gasteiger partial charge in [-0.05, 0) is 91.4 Å². The molecule has 4 aromatic rings. The number of carbonyl (C=O) groups is 2. The number of nitrogens with zero attached hydrogens (tertiary/aromatic N) is 2. The molecule has 2 aliphatic heterocycles. The largest absolute Gasteiger partial charge is 0.507 e. The van der Waals surface area contributed by atoms with Crippen LogP contribution in [-0.2, 0) is 16.2 Å². The number of ketones is 1. The Morgan fingerprint density at radius 1 is 0.929 bits per heavy atom. The average Bonchev–Trinajstić information content (AvgIpc) is 3.64. The zero-order valence-corrected chi connectivity index (χ0v) is 23.8. The summed E-state index contributed by atoms with van der Waals surface area (Å²) in [6, 6.07) is 25.3. The summed E-state index contributed by atoms with van der Waals surface area (Å²) in [6.45, 7) is 6.55. The van der Waals surface area contributed by atoms with Crippen LogP contribution in [0.4, 0.5) is 11.4 Å². The van der Waals surface area contributed by atoms with Crippen LogP contribution in [0.25, 0.3) is 5.76 Å². The number of aryl methyl sites for hydroxylation is 1. The number of ether oxygens (including phenoxy) is 1. The molecule has 1 amide bonds. The number of benzene rings is 3. The Balaban J connectivity index is 1.31. The third kappa shape index (κ3) is 5.30. The van der Waals surface area contributed by atoms with Crippen LogP contribution in [0.2, 0.25) is 0 Å². The molecule has 2 saturated heterocycles. The molecule has 7 nitrogen and oxygen atoms in total. The second-order valence-corrected chi connectivity index (χ2v) is 11.1. The fourth-order valence-electron chi connectivity index (χ4n) is 5.76. The number of anilines is 2. The maximum atomic E-state index is 13.5. The molecular weight excluding hydrogens is 528 g/mol. The van der Waals surface area contributed by atoms with Gasteiger partial charge < -0.3 is 19.2 Å². The highest BCUT2D eigenvalue weighted by molar-refractivity contribution is 6.51. The minimum Gasteiger partial charge on any atom is -0.507 e. The molecule has 0 spiro atoms. The first-order chi connectivity index (χ1) is 20.4. The highest BCUT2D eigenvalue weighted by atomic mass is 16.5. The maximum absolute atomic E-state index is 13.5.